The Kier molecular flexibility index (Phi) is 4.77. The summed E-state index contributed by atoms with van der Waals surface area (Å²) in [5.41, 5.74) is 1.23. The first-order valence-corrected chi connectivity index (χ1v) is 8.55. The van der Waals surface area contributed by atoms with Gasteiger partial charge < -0.3 is 9.88 Å². The fourth-order valence-electron chi connectivity index (χ4n) is 2.32. The second kappa shape index (κ2) is 6.96. The van der Waals surface area contributed by atoms with E-state index in [1.807, 2.05) is 29.8 Å². The Morgan fingerprint density at radius 2 is 2.09 bits per heavy atom. The van der Waals surface area contributed by atoms with Crippen LogP contribution in [0.1, 0.15) is 30.1 Å². The smallest absolute Gasteiger partial charge is 0.230 e. The summed E-state index contributed by atoms with van der Waals surface area (Å²) in [5.74, 6) is 2.04. The van der Waals surface area contributed by atoms with E-state index in [1.54, 1.807) is 0 Å². The first-order chi connectivity index (χ1) is 10.7. The number of carbonyl (C=O) groups is 1. The van der Waals surface area contributed by atoms with Crippen molar-refractivity contribution in [1.29, 1.82) is 0 Å². The summed E-state index contributed by atoms with van der Waals surface area (Å²) in [5, 5.41) is 12.2. The fourth-order valence-corrected chi connectivity index (χ4v) is 3.07. The molecule has 1 fully saturated rings. The molecule has 6 heteroatoms. The second-order valence-electron chi connectivity index (χ2n) is 5.55. The molecule has 1 aromatic heterocycles. The monoisotopic (exact) mass is 316 g/mol. The number of thioether (sulfide) groups is 1. The highest BCUT2D eigenvalue weighted by atomic mass is 32.2. The predicted octanol–water partition coefficient (Wildman–Crippen LogP) is 2.14. The standard InChI is InChI=1S/C16H20N4OS/c1-20-15(13-7-8-13)18-19-16(20)22-11-14(21)17-10-9-12-5-3-2-4-6-12/h2-6,13H,7-11H2,1H3,(H,17,21). The zero-order chi connectivity index (χ0) is 15.4. The molecule has 22 heavy (non-hydrogen) atoms. The molecule has 1 aromatic carbocycles. The van der Waals surface area contributed by atoms with E-state index in [9.17, 15) is 4.79 Å². The number of hydrogen-bond acceptors (Lipinski definition) is 4. The molecule has 1 saturated carbocycles. The third kappa shape index (κ3) is 3.88. The van der Waals surface area contributed by atoms with Gasteiger partial charge in [0, 0.05) is 19.5 Å². The Bertz CT molecular complexity index is 637. The molecule has 0 saturated heterocycles. The van der Waals surface area contributed by atoms with Crippen molar-refractivity contribution in [2.45, 2.75) is 30.3 Å². The number of rotatable bonds is 7. The lowest BCUT2D eigenvalue weighted by Crippen LogP contribution is -2.27. The van der Waals surface area contributed by atoms with E-state index in [0.717, 1.165) is 17.4 Å². The Morgan fingerprint density at radius 1 is 1.32 bits per heavy atom. The summed E-state index contributed by atoms with van der Waals surface area (Å²) >= 11 is 1.44. The summed E-state index contributed by atoms with van der Waals surface area (Å²) in [4.78, 5) is 11.9. The molecule has 5 nitrogen and oxygen atoms in total. The third-order valence-corrected chi connectivity index (χ3v) is 4.74. The van der Waals surface area contributed by atoms with Gasteiger partial charge >= 0.3 is 0 Å². The van der Waals surface area contributed by atoms with Gasteiger partial charge in [-0.05, 0) is 24.8 Å². The van der Waals surface area contributed by atoms with Crippen molar-refractivity contribution in [2.24, 2.45) is 7.05 Å². The number of hydrogen-bond donors (Lipinski definition) is 1. The van der Waals surface area contributed by atoms with Crippen LogP contribution in [0, 0.1) is 0 Å². The molecule has 1 N–H and O–H groups in total. The van der Waals surface area contributed by atoms with Gasteiger partial charge in [0.25, 0.3) is 0 Å². The fraction of sp³-hybridized carbons (Fsp3) is 0.438. The molecule has 1 aliphatic carbocycles. The lowest BCUT2D eigenvalue weighted by atomic mass is 10.1. The number of benzene rings is 1. The van der Waals surface area contributed by atoms with Crippen molar-refractivity contribution in [3.05, 3.63) is 41.7 Å². The second-order valence-corrected chi connectivity index (χ2v) is 6.49. The average Bonchev–Trinajstić information content (AvgIpc) is 3.30. The first kappa shape index (κ1) is 15.1. The van der Waals surface area contributed by atoms with Crippen molar-refractivity contribution in [3.63, 3.8) is 0 Å². The number of nitrogens with one attached hydrogen (secondary N) is 1. The molecule has 0 atom stereocenters. The van der Waals surface area contributed by atoms with Crippen LogP contribution in [0.4, 0.5) is 0 Å². The summed E-state index contributed by atoms with van der Waals surface area (Å²) in [6.45, 7) is 0.662. The molecule has 1 aliphatic rings. The van der Waals surface area contributed by atoms with Crippen LogP contribution in [-0.4, -0.2) is 33.0 Å². The number of amides is 1. The minimum absolute atomic E-state index is 0.0388. The maximum absolute atomic E-state index is 11.9. The van der Waals surface area contributed by atoms with E-state index in [2.05, 4.69) is 27.6 Å². The zero-order valence-corrected chi connectivity index (χ0v) is 13.5. The molecular weight excluding hydrogens is 296 g/mol. The molecule has 1 amide bonds. The maximum Gasteiger partial charge on any atom is 0.230 e. The largest absolute Gasteiger partial charge is 0.355 e. The molecule has 116 valence electrons. The molecule has 2 aromatic rings. The number of nitrogens with zero attached hydrogens (tertiary/aromatic N) is 3. The maximum atomic E-state index is 11.9. The van der Waals surface area contributed by atoms with Crippen molar-refractivity contribution in [3.8, 4) is 0 Å². The topological polar surface area (TPSA) is 59.8 Å². The van der Waals surface area contributed by atoms with Gasteiger partial charge in [0.15, 0.2) is 5.16 Å². The number of carbonyl (C=O) groups excluding carboxylic acids is 1. The minimum Gasteiger partial charge on any atom is -0.355 e. The van der Waals surface area contributed by atoms with Gasteiger partial charge in [-0.25, -0.2) is 0 Å². The Balaban J connectivity index is 1.40. The van der Waals surface area contributed by atoms with E-state index >= 15 is 0 Å². The molecule has 0 unspecified atom stereocenters. The van der Waals surface area contributed by atoms with E-state index in [4.69, 9.17) is 0 Å². The Hall–Kier alpha value is -1.82. The van der Waals surface area contributed by atoms with E-state index in [1.165, 1.54) is 30.2 Å². The van der Waals surface area contributed by atoms with Crippen molar-refractivity contribution in [1.82, 2.24) is 20.1 Å². The highest BCUT2D eigenvalue weighted by molar-refractivity contribution is 7.99. The first-order valence-electron chi connectivity index (χ1n) is 7.57. The van der Waals surface area contributed by atoms with Crippen LogP contribution in [0.2, 0.25) is 0 Å². The minimum atomic E-state index is 0.0388. The molecule has 0 radical (unpaired) electrons. The van der Waals surface area contributed by atoms with E-state index < -0.39 is 0 Å². The van der Waals surface area contributed by atoms with Crippen LogP contribution in [0.15, 0.2) is 35.5 Å². The van der Waals surface area contributed by atoms with Crippen LogP contribution in [-0.2, 0) is 18.3 Å². The van der Waals surface area contributed by atoms with Crippen LogP contribution in [0.25, 0.3) is 0 Å². The third-order valence-electron chi connectivity index (χ3n) is 3.72. The summed E-state index contributed by atoms with van der Waals surface area (Å²) < 4.78 is 2.01. The molecular formula is C16H20N4OS. The van der Waals surface area contributed by atoms with Gasteiger partial charge in [0.05, 0.1) is 5.75 Å². The van der Waals surface area contributed by atoms with Gasteiger partial charge in [0.1, 0.15) is 5.82 Å². The summed E-state index contributed by atoms with van der Waals surface area (Å²) in [6, 6.07) is 10.2. The highest BCUT2D eigenvalue weighted by Crippen LogP contribution is 2.39. The SMILES string of the molecule is Cn1c(SCC(=O)NCCc2ccccc2)nnc1C1CC1. The lowest BCUT2D eigenvalue weighted by molar-refractivity contribution is -0.118. The van der Waals surface area contributed by atoms with Gasteiger partial charge in [-0.15, -0.1) is 10.2 Å². The van der Waals surface area contributed by atoms with Crippen molar-refractivity contribution >= 4 is 17.7 Å². The quantitative estimate of drug-likeness (QED) is 0.795. The molecule has 1 heterocycles. The zero-order valence-electron chi connectivity index (χ0n) is 12.7. The van der Waals surface area contributed by atoms with Crippen LogP contribution in [0.3, 0.4) is 0 Å². The molecule has 0 bridgehead atoms. The van der Waals surface area contributed by atoms with Crippen molar-refractivity contribution < 1.29 is 4.79 Å². The summed E-state index contributed by atoms with van der Waals surface area (Å²) in [6.07, 6.45) is 3.26. The Labute approximate surface area is 134 Å². The molecule has 0 aliphatic heterocycles. The van der Waals surface area contributed by atoms with E-state index in [-0.39, 0.29) is 5.91 Å². The van der Waals surface area contributed by atoms with Gasteiger partial charge in [-0.1, -0.05) is 42.1 Å². The van der Waals surface area contributed by atoms with Gasteiger partial charge in [-0.2, -0.15) is 0 Å². The normalized spacial score (nSPS) is 14.0. The van der Waals surface area contributed by atoms with Crippen molar-refractivity contribution in [2.75, 3.05) is 12.3 Å². The van der Waals surface area contributed by atoms with E-state index in [0.29, 0.717) is 18.2 Å². The van der Waals surface area contributed by atoms with Gasteiger partial charge in [0.2, 0.25) is 5.91 Å². The van der Waals surface area contributed by atoms with Crippen LogP contribution < -0.4 is 5.32 Å². The van der Waals surface area contributed by atoms with Gasteiger partial charge in [-0.3, -0.25) is 4.79 Å². The summed E-state index contributed by atoms with van der Waals surface area (Å²) in [7, 11) is 1.98. The number of aromatic nitrogens is 3. The molecule has 3 rings (SSSR count). The average molecular weight is 316 g/mol. The highest BCUT2D eigenvalue weighted by Gasteiger charge is 2.29. The Morgan fingerprint density at radius 3 is 2.82 bits per heavy atom. The van der Waals surface area contributed by atoms with Crippen LogP contribution in [0.5, 0.6) is 0 Å². The lowest BCUT2D eigenvalue weighted by Gasteiger charge is -2.05. The predicted molar refractivity (Wildman–Crippen MR) is 86.9 cm³/mol. The molecule has 0 spiro atoms. The van der Waals surface area contributed by atoms with Crippen LogP contribution >= 0.6 is 11.8 Å².